The molecule has 3 aliphatic rings. The molecule has 1 unspecified atom stereocenters. The number of amides is 1. The second kappa shape index (κ2) is 4.31. The maximum Gasteiger partial charge on any atom is 0.312 e. The number of carboxylic acid groups (broad SMARTS) is 1. The number of carboxylic acids is 1. The SMILES string of the molecule is CC(=O)NCC12CC(C(=O)O)(C1)C(c1ccccc1)O2. The van der Waals surface area contributed by atoms with Gasteiger partial charge < -0.3 is 15.2 Å². The lowest BCUT2D eigenvalue weighted by molar-refractivity contribution is -0.155. The van der Waals surface area contributed by atoms with Gasteiger partial charge in [0.2, 0.25) is 5.91 Å². The number of rotatable bonds is 4. The van der Waals surface area contributed by atoms with Gasteiger partial charge in [-0.15, -0.1) is 0 Å². The first-order valence-corrected chi connectivity index (χ1v) is 6.68. The predicted octanol–water partition coefficient (Wildman–Crippen LogP) is 1.50. The van der Waals surface area contributed by atoms with Crippen LogP contribution < -0.4 is 5.32 Å². The summed E-state index contributed by atoms with van der Waals surface area (Å²) in [7, 11) is 0. The van der Waals surface area contributed by atoms with Gasteiger partial charge in [0.15, 0.2) is 0 Å². The summed E-state index contributed by atoms with van der Waals surface area (Å²) < 4.78 is 6.03. The minimum absolute atomic E-state index is 0.126. The average Bonchev–Trinajstić information content (AvgIpc) is 2.89. The standard InChI is InChI=1S/C15H17NO4/c1-10(17)16-9-14-7-15(8-14,13(18)19)12(20-14)11-5-3-2-4-6-11/h2-6,12H,7-9H2,1H3,(H,16,17)(H,18,19). The molecule has 1 amide bonds. The molecule has 106 valence electrons. The van der Waals surface area contributed by atoms with Gasteiger partial charge in [0.25, 0.3) is 0 Å². The maximum absolute atomic E-state index is 11.7. The molecule has 2 heterocycles. The van der Waals surface area contributed by atoms with Gasteiger partial charge in [-0.2, -0.15) is 0 Å². The van der Waals surface area contributed by atoms with E-state index < -0.39 is 23.1 Å². The lowest BCUT2D eigenvalue weighted by atomic mass is 9.59. The Bertz CT molecular complexity index is 548. The monoisotopic (exact) mass is 275 g/mol. The fourth-order valence-corrected chi connectivity index (χ4v) is 3.46. The van der Waals surface area contributed by atoms with Gasteiger partial charge in [-0.05, 0) is 18.4 Å². The summed E-state index contributed by atoms with van der Waals surface area (Å²) in [5.41, 5.74) is -0.484. The summed E-state index contributed by atoms with van der Waals surface area (Å²) in [6.07, 6.45) is 0.472. The number of ether oxygens (including phenoxy) is 1. The summed E-state index contributed by atoms with van der Waals surface area (Å²) in [5, 5.41) is 12.3. The van der Waals surface area contributed by atoms with Gasteiger partial charge in [0.1, 0.15) is 5.41 Å². The second-order valence-electron chi connectivity index (χ2n) is 5.82. The van der Waals surface area contributed by atoms with Gasteiger partial charge in [-0.25, -0.2) is 0 Å². The van der Waals surface area contributed by atoms with Crippen LogP contribution in [0.25, 0.3) is 0 Å². The van der Waals surface area contributed by atoms with E-state index >= 15 is 0 Å². The number of carbonyl (C=O) groups is 2. The van der Waals surface area contributed by atoms with Gasteiger partial charge in [0.05, 0.1) is 11.7 Å². The lowest BCUT2D eigenvalue weighted by Gasteiger charge is -2.42. The van der Waals surface area contributed by atoms with E-state index in [-0.39, 0.29) is 5.91 Å². The van der Waals surface area contributed by atoms with Crippen molar-refractivity contribution in [2.45, 2.75) is 31.5 Å². The molecule has 1 saturated carbocycles. The number of fused-ring (bicyclic) bond motifs is 1. The Labute approximate surface area is 116 Å². The third kappa shape index (κ3) is 1.81. The zero-order chi connectivity index (χ0) is 14.4. The average molecular weight is 275 g/mol. The third-order valence-corrected chi connectivity index (χ3v) is 4.33. The molecule has 5 heteroatoms. The molecule has 3 fully saturated rings. The number of nitrogens with one attached hydrogen (secondary N) is 1. The van der Waals surface area contributed by atoms with E-state index in [9.17, 15) is 14.7 Å². The highest BCUT2D eigenvalue weighted by Gasteiger charge is 2.71. The molecular weight excluding hydrogens is 258 g/mol. The van der Waals surface area contributed by atoms with Gasteiger partial charge >= 0.3 is 5.97 Å². The Kier molecular flexibility index (Phi) is 2.83. The molecule has 1 aliphatic carbocycles. The van der Waals surface area contributed by atoms with Crippen molar-refractivity contribution in [3.63, 3.8) is 0 Å². The fourth-order valence-electron chi connectivity index (χ4n) is 3.46. The van der Waals surface area contributed by atoms with E-state index in [0.717, 1.165) is 5.56 Å². The molecule has 0 radical (unpaired) electrons. The normalized spacial score (nSPS) is 34.4. The van der Waals surface area contributed by atoms with Crippen molar-refractivity contribution < 1.29 is 19.4 Å². The first-order valence-electron chi connectivity index (χ1n) is 6.68. The highest BCUT2D eigenvalue weighted by Crippen LogP contribution is 2.67. The lowest BCUT2D eigenvalue weighted by Crippen LogP contribution is -2.54. The molecule has 1 aromatic rings. The topological polar surface area (TPSA) is 75.6 Å². The van der Waals surface area contributed by atoms with Crippen LogP contribution in [0.4, 0.5) is 0 Å². The smallest absolute Gasteiger partial charge is 0.312 e. The summed E-state index contributed by atoms with van der Waals surface area (Å²) >= 11 is 0. The van der Waals surface area contributed by atoms with E-state index in [1.807, 2.05) is 30.3 Å². The summed E-state index contributed by atoms with van der Waals surface area (Å²) in [6, 6.07) is 9.43. The molecule has 2 aliphatic heterocycles. The van der Waals surface area contributed by atoms with Crippen molar-refractivity contribution in [1.82, 2.24) is 5.32 Å². The van der Waals surface area contributed by atoms with E-state index in [0.29, 0.717) is 19.4 Å². The van der Waals surface area contributed by atoms with E-state index in [1.54, 1.807) is 0 Å². The number of carbonyl (C=O) groups excluding carboxylic acids is 1. The van der Waals surface area contributed by atoms with Crippen LogP contribution in [0.5, 0.6) is 0 Å². The van der Waals surface area contributed by atoms with Gasteiger partial charge in [-0.3, -0.25) is 9.59 Å². The molecule has 5 nitrogen and oxygen atoms in total. The van der Waals surface area contributed by atoms with Crippen molar-refractivity contribution in [2.24, 2.45) is 5.41 Å². The van der Waals surface area contributed by atoms with Crippen molar-refractivity contribution in [3.8, 4) is 0 Å². The quantitative estimate of drug-likeness (QED) is 0.873. The van der Waals surface area contributed by atoms with Crippen LogP contribution in [0.3, 0.4) is 0 Å². The Balaban J connectivity index is 1.85. The van der Waals surface area contributed by atoms with Crippen molar-refractivity contribution in [3.05, 3.63) is 35.9 Å². The Hall–Kier alpha value is -1.88. The van der Waals surface area contributed by atoms with Crippen LogP contribution in [0.15, 0.2) is 30.3 Å². The van der Waals surface area contributed by atoms with Crippen LogP contribution in [0, 0.1) is 5.41 Å². The van der Waals surface area contributed by atoms with E-state index in [2.05, 4.69) is 5.32 Å². The van der Waals surface area contributed by atoms with Gasteiger partial charge in [-0.1, -0.05) is 30.3 Å². The highest BCUT2D eigenvalue weighted by molar-refractivity contribution is 5.79. The van der Waals surface area contributed by atoms with E-state index in [1.165, 1.54) is 6.92 Å². The second-order valence-corrected chi connectivity index (χ2v) is 5.82. The van der Waals surface area contributed by atoms with Crippen molar-refractivity contribution >= 4 is 11.9 Å². The van der Waals surface area contributed by atoms with Crippen LogP contribution in [0.1, 0.15) is 31.4 Å². The molecule has 1 atom stereocenters. The summed E-state index contributed by atoms with van der Waals surface area (Å²) in [6.45, 7) is 1.82. The molecular formula is C15H17NO4. The molecule has 2 saturated heterocycles. The number of benzene rings is 1. The predicted molar refractivity (Wildman–Crippen MR) is 71.0 cm³/mol. The Morgan fingerprint density at radius 2 is 2.00 bits per heavy atom. The molecule has 4 rings (SSSR count). The zero-order valence-corrected chi connectivity index (χ0v) is 11.3. The first-order chi connectivity index (χ1) is 9.47. The Morgan fingerprint density at radius 1 is 1.35 bits per heavy atom. The molecule has 1 aromatic carbocycles. The van der Waals surface area contributed by atoms with Crippen LogP contribution >= 0.6 is 0 Å². The number of aliphatic carboxylic acids is 1. The first kappa shape index (κ1) is 13.1. The zero-order valence-electron chi connectivity index (χ0n) is 11.3. The number of hydrogen-bond donors (Lipinski definition) is 2. The third-order valence-electron chi connectivity index (χ3n) is 4.33. The minimum Gasteiger partial charge on any atom is -0.481 e. The number of hydrogen-bond acceptors (Lipinski definition) is 3. The van der Waals surface area contributed by atoms with Gasteiger partial charge in [0, 0.05) is 13.5 Å². The minimum atomic E-state index is -0.847. The Morgan fingerprint density at radius 3 is 2.55 bits per heavy atom. The summed E-state index contributed by atoms with van der Waals surface area (Å²) in [4.78, 5) is 22.7. The van der Waals surface area contributed by atoms with Crippen LogP contribution in [0.2, 0.25) is 0 Å². The maximum atomic E-state index is 11.7. The largest absolute Gasteiger partial charge is 0.481 e. The summed E-state index contributed by atoms with van der Waals surface area (Å²) in [5.74, 6) is -0.943. The highest BCUT2D eigenvalue weighted by atomic mass is 16.5. The van der Waals surface area contributed by atoms with Crippen molar-refractivity contribution in [1.29, 1.82) is 0 Å². The van der Waals surface area contributed by atoms with Crippen LogP contribution in [-0.2, 0) is 14.3 Å². The molecule has 0 aromatic heterocycles. The fraction of sp³-hybridized carbons (Fsp3) is 0.467. The molecule has 0 spiro atoms. The molecule has 2 bridgehead atoms. The molecule has 20 heavy (non-hydrogen) atoms. The molecule has 2 N–H and O–H groups in total. The van der Waals surface area contributed by atoms with Crippen LogP contribution in [-0.4, -0.2) is 29.1 Å². The van der Waals surface area contributed by atoms with Crippen molar-refractivity contribution in [2.75, 3.05) is 6.54 Å². The van der Waals surface area contributed by atoms with E-state index in [4.69, 9.17) is 4.74 Å².